The summed E-state index contributed by atoms with van der Waals surface area (Å²) in [6.45, 7) is 4.47. The van der Waals surface area contributed by atoms with Gasteiger partial charge in [-0.3, -0.25) is 4.79 Å². The number of hydrogen-bond donors (Lipinski definition) is 0. The molecule has 2 aromatic rings. The van der Waals surface area contributed by atoms with Gasteiger partial charge in [0.05, 0.1) is 0 Å². The molecule has 0 saturated carbocycles. The molecule has 118 valence electrons. The normalized spacial score (nSPS) is 11.6. The fourth-order valence-corrected chi connectivity index (χ4v) is 2.50. The van der Waals surface area contributed by atoms with Crippen molar-refractivity contribution in [3.8, 4) is 0 Å². The van der Waals surface area contributed by atoms with Crippen LogP contribution in [0.4, 0.5) is 0 Å². The van der Waals surface area contributed by atoms with Crippen LogP contribution < -0.4 is 0 Å². The Hall–Kier alpha value is -2.16. The smallest absolute Gasteiger partial charge is 0.190 e. The molecule has 0 N–H and O–H groups in total. The molecule has 0 spiro atoms. The number of hydrogen-bond acceptors (Lipinski definition) is 2. The van der Waals surface area contributed by atoms with Gasteiger partial charge in [0.25, 0.3) is 0 Å². The molecule has 0 aliphatic rings. The first-order valence-corrected chi connectivity index (χ1v) is 7.75. The molecule has 0 fully saturated rings. The molecule has 0 aromatic heterocycles. The molecule has 0 aliphatic carbocycles. The van der Waals surface area contributed by atoms with Gasteiger partial charge in [-0.1, -0.05) is 60.6 Å². The van der Waals surface area contributed by atoms with Gasteiger partial charge >= 0.3 is 0 Å². The van der Waals surface area contributed by atoms with E-state index in [1.165, 1.54) is 0 Å². The van der Waals surface area contributed by atoms with E-state index in [-0.39, 0.29) is 5.78 Å². The number of rotatable bonds is 6. The van der Waals surface area contributed by atoms with E-state index < -0.39 is 0 Å². The Morgan fingerprint density at radius 3 is 2.43 bits per heavy atom. The van der Waals surface area contributed by atoms with Crippen LogP contribution in [0.25, 0.3) is 11.6 Å². The summed E-state index contributed by atoms with van der Waals surface area (Å²) < 4.78 is 0. The maximum atomic E-state index is 12.8. The number of carbonyl (C=O) groups excluding carboxylic acids is 1. The fraction of sp³-hybridized carbons (Fsp3) is 0.150. The van der Waals surface area contributed by atoms with Gasteiger partial charge < -0.3 is 4.90 Å². The van der Waals surface area contributed by atoms with E-state index >= 15 is 0 Å². The third-order valence-corrected chi connectivity index (χ3v) is 3.55. The average molecular weight is 326 g/mol. The molecular weight excluding hydrogens is 306 g/mol. The number of allylic oxidation sites excluding steroid dienone is 1. The summed E-state index contributed by atoms with van der Waals surface area (Å²) in [7, 11) is 3.84. The lowest BCUT2D eigenvalue weighted by Crippen LogP contribution is -2.19. The van der Waals surface area contributed by atoms with Crippen LogP contribution >= 0.6 is 11.6 Å². The van der Waals surface area contributed by atoms with Gasteiger partial charge in [0, 0.05) is 22.7 Å². The van der Waals surface area contributed by atoms with Crippen LogP contribution in [-0.2, 0) is 4.79 Å². The van der Waals surface area contributed by atoms with Gasteiger partial charge in [0.1, 0.15) is 0 Å². The highest BCUT2D eigenvalue weighted by Gasteiger charge is 2.16. The van der Waals surface area contributed by atoms with Crippen molar-refractivity contribution >= 4 is 29.0 Å². The number of carbonyl (C=O) groups is 1. The molecule has 0 radical (unpaired) electrons. The van der Waals surface area contributed by atoms with Crippen molar-refractivity contribution in [2.45, 2.75) is 0 Å². The quantitative estimate of drug-likeness (QED) is 0.573. The number of halogens is 1. The second kappa shape index (κ2) is 7.91. The van der Waals surface area contributed by atoms with Crippen molar-refractivity contribution in [3.63, 3.8) is 0 Å². The number of benzene rings is 2. The Labute approximate surface area is 142 Å². The first-order valence-electron chi connectivity index (χ1n) is 7.37. The first-order chi connectivity index (χ1) is 11.0. The summed E-state index contributed by atoms with van der Waals surface area (Å²) in [6.07, 6.45) is 1.87. The van der Waals surface area contributed by atoms with Crippen LogP contribution in [0, 0.1) is 0 Å². The van der Waals surface area contributed by atoms with Crippen molar-refractivity contribution < 1.29 is 4.79 Å². The Bertz CT molecular complexity index is 732. The Morgan fingerprint density at radius 2 is 1.83 bits per heavy atom. The van der Waals surface area contributed by atoms with E-state index in [4.69, 9.17) is 11.6 Å². The third kappa shape index (κ3) is 4.92. The van der Waals surface area contributed by atoms with E-state index in [2.05, 4.69) is 6.58 Å². The van der Waals surface area contributed by atoms with Crippen LogP contribution in [0.1, 0.15) is 11.1 Å². The van der Waals surface area contributed by atoms with Crippen LogP contribution in [0.5, 0.6) is 0 Å². The minimum Gasteiger partial charge on any atom is -0.305 e. The van der Waals surface area contributed by atoms with Crippen molar-refractivity contribution in [1.29, 1.82) is 0 Å². The predicted molar refractivity (Wildman–Crippen MR) is 98.5 cm³/mol. The SMILES string of the molecule is C=C(CN(C)C)C(=O)/C(=C/c1cccc(Cl)c1)c1ccccc1. The predicted octanol–water partition coefficient (Wildman–Crippen LogP) is 4.57. The van der Waals surface area contributed by atoms with E-state index in [0.29, 0.717) is 22.7 Å². The van der Waals surface area contributed by atoms with Gasteiger partial charge in [-0.25, -0.2) is 0 Å². The second-order valence-electron chi connectivity index (χ2n) is 5.65. The molecule has 3 heteroatoms. The fourth-order valence-electron chi connectivity index (χ4n) is 2.30. The zero-order chi connectivity index (χ0) is 16.8. The van der Waals surface area contributed by atoms with E-state index in [9.17, 15) is 4.79 Å². The molecule has 0 heterocycles. The van der Waals surface area contributed by atoms with E-state index in [0.717, 1.165) is 11.1 Å². The Kier molecular flexibility index (Phi) is 5.91. The van der Waals surface area contributed by atoms with Gasteiger partial charge in [0.2, 0.25) is 0 Å². The Balaban J connectivity index is 2.44. The van der Waals surface area contributed by atoms with Crippen molar-refractivity contribution in [2.75, 3.05) is 20.6 Å². The highest BCUT2D eigenvalue weighted by Crippen LogP contribution is 2.23. The number of Topliss-reactive ketones (excluding diaryl/α,β-unsaturated/α-hetero) is 1. The molecule has 0 amide bonds. The molecule has 2 nitrogen and oxygen atoms in total. The first kappa shape index (κ1) is 17.2. The molecule has 0 unspecified atom stereocenters. The number of nitrogens with zero attached hydrogens (tertiary/aromatic N) is 1. The highest BCUT2D eigenvalue weighted by atomic mass is 35.5. The summed E-state index contributed by atoms with van der Waals surface area (Å²) >= 11 is 6.05. The molecule has 2 aromatic carbocycles. The van der Waals surface area contributed by atoms with Crippen molar-refractivity contribution in [3.05, 3.63) is 82.9 Å². The third-order valence-electron chi connectivity index (χ3n) is 3.32. The van der Waals surface area contributed by atoms with Gasteiger partial charge in [-0.05, 0) is 43.4 Å². The monoisotopic (exact) mass is 325 g/mol. The largest absolute Gasteiger partial charge is 0.305 e. The van der Waals surface area contributed by atoms with Gasteiger partial charge in [-0.2, -0.15) is 0 Å². The maximum Gasteiger partial charge on any atom is 0.190 e. The number of ketones is 1. The van der Waals surface area contributed by atoms with Crippen molar-refractivity contribution in [1.82, 2.24) is 4.90 Å². The summed E-state index contributed by atoms with van der Waals surface area (Å²) in [5.74, 6) is -0.0510. The van der Waals surface area contributed by atoms with E-state index in [1.54, 1.807) is 0 Å². The second-order valence-corrected chi connectivity index (χ2v) is 6.09. The van der Waals surface area contributed by atoms with Crippen molar-refractivity contribution in [2.24, 2.45) is 0 Å². The molecule has 0 saturated heterocycles. The minimum absolute atomic E-state index is 0.0510. The van der Waals surface area contributed by atoms with E-state index in [1.807, 2.05) is 79.7 Å². The topological polar surface area (TPSA) is 20.3 Å². The minimum atomic E-state index is -0.0510. The van der Waals surface area contributed by atoms with Crippen LogP contribution in [0.15, 0.2) is 66.7 Å². The molecular formula is C20H20ClNO. The summed E-state index contributed by atoms with van der Waals surface area (Å²) in [4.78, 5) is 14.8. The Morgan fingerprint density at radius 1 is 1.13 bits per heavy atom. The molecule has 2 rings (SSSR count). The molecule has 0 atom stereocenters. The maximum absolute atomic E-state index is 12.8. The average Bonchev–Trinajstić information content (AvgIpc) is 2.52. The van der Waals surface area contributed by atoms with Gasteiger partial charge in [0.15, 0.2) is 5.78 Å². The zero-order valence-corrected chi connectivity index (χ0v) is 14.2. The molecule has 0 bridgehead atoms. The molecule has 23 heavy (non-hydrogen) atoms. The zero-order valence-electron chi connectivity index (χ0n) is 13.4. The van der Waals surface area contributed by atoms with Crippen LogP contribution in [0.3, 0.4) is 0 Å². The summed E-state index contributed by atoms with van der Waals surface area (Å²) in [5.41, 5.74) is 2.95. The van der Waals surface area contributed by atoms with Gasteiger partial charge in [-0.15, -0.1) is 0 Å². The van der Waals surface area contributed by atoms with Crippen LogP contribution in [0.2, 0.25) is 5.02 Å². The summed E-state index contributed by atoms with van der Waals surface area (Å²) in [5, 5.41) is 0.644. The number of likely N-dealkylation sites (N-methyl/N-ethyl adjacent to an activating group) is 1. The lowest BCUT2D eigenvalue weighted by atomic mass is 9.95. The lowest BCUT2D eigenvalue weighted by Gasteiger charge is -2.14. The summed E-state index contributed by atoms with van der Waals surface area (Å²) in [6, 6.07) is 17.1. The highest BCUT2D eigenvalue weighted by molar-refractivity contribution is 6.33. The standard InChI is InChI=1S/C20H20ClNO/c1-15(14-22(2)3)20(23)19(17-9-5-4-6-10-17)13-16-8-7-11-18(21)12-16/h4-13H,1,14H2,2-3H3/b19-13+. The lowest BCUT2D eigenvalue weighted by molar-refractivity contribution is -0.110. The molecule has 0 aliphatic heterocycles. The van der Waals surface area contributed by atoms with Crippen LogP contribution in [-0.4, -0.2) is 31.3 Å².